The van der Waals surface area contributed by atoms with Crippen molar-refractivity contribution in [1.82, 2.24) is 10.2 Å². The summed E-state index contributed by atoms with van der Waals surface area (Å²) in [6, 6.07) is 17.3. The van der Waals surface area contributed by atoms with Crippen LogP contribution >= 0.6 is 0 Å². The number of amides is 2. The molecular weight excluding hydrogens is 464 g/mol. The van der Waals surface area contributed by atoms with Gasteiger partial charge in [-0.2, -0.15) is 0 Å². The molecule has 0 unspecified atom stereocenters. The zero-order chi connectivity index (χ0) is 25.5. The third kappa shape index (κ3) is 5.84. The maximum Gasteiger partial charge on any atom is 0.407 e. The third-order valence-electron chi connectivity index (χ3n) is 6.72. The summed E-state index contributed by atoms with van der Waals surface area (Å²) in [6.07, 6.45) is 0.451. The van der Waals surface area contributed by atoms with Crippen molar-refractivity contribution in [3.05, 3.63) is 71.8 Å². The number of ether oxygens (including phenoxy) is 3. The Hall–Kier alpha value is -3.88. The van der Waals surface area contributed by atoms with Gasteiger partial charge in [0.25, 0.3) is 0 Å². The summed E-state index contributed by atoms with van der Waals surface area (Å²) in [4.78, 5) is 52.2. The van der Waals surface area contributed by atoms with Gasteiger partial charge in [0.15, 0.2) is 0 Å². The molecule has 0 radical (unpaired) electrons. The number of carbonyl (C=O) groups is 4. The molecule has 190 valence electrons. The summed E-state index contributed by atoms with van der Waals surface area (Å²) in [5, 5.41) is 2.60. The summed E-state index contributed by atoms with van der Waals surface area (Å²) in [6.45, 7) is 0.249. The molecule has 0 spiro atoms. The second-order valence-corrected chi connectivity index (χ2v) is 8.93. The molecule has 9 nitrogen and oxygen atoms in total. The number of fused-ring (bicyclic) bond motifs is 2. The van der Waals surface area contributed by atoms with Crippen LogP contribution in [0, 0.1) is 5.92 Å². The van der Waals surface area contributed by atoms with E-state index in [1.165, 1.54) is 7.11 Å². The first-order valence-corrected chi connectivity index (χ1v) is 12.1. The second-order valence-electron chi connectivity index (χ2n) is 8.93. The maximum absolute atomic E-state index is 13.1. The zero-order valence-corrected chi connectivity index (χ0v) is 20.1. The molecule has 4 atom stereocenters. The highest BCUT2D eigenvalue weighted by atomic mass is 16.6. The summed E-state index contributed by atoms with van der Waals surface area (Å²) in [5.74, 6) is -1.96. The molecule has 0 aliphatic carbocycles. The van der Waals surface area contributed by atoms with E-state index in [-0.39, 0.29) is 31.5 Å². The number of rotatable bonds is 8. The van der Waals surface area contributed by atoms with Gasteiger partial charge in [0.1, 0.15) is 18.6 Å². The van der Waals surface area contributed by atoms with Gasteiger partial charge in [-0.3, -0.25) is 9.59 Å². The highest BCUT2D eigenvalue weighted by Gasteiger charge is 2.53. The Labute approximate surface area is 209 Å². The molecule has 2 heterocycles. The van der Waals surface area contributed by atoms with E-state index >= 15 is 0 Å². The predicted molar refractivity (Wildman–Crippen MR) is 129 cm³/mol. The molecule has 2 aliphatic heterocycles. The lowest BCUT2D eigenvalue weighted by atomic mass is 9.86. The van der Waals surface area contributed by atoms with Crippen molar-refractivity contribution in [2.75, 3.05) is 13.7 Å². The van der Waals surface area contributed by atoms with Gasteiger partial charge < -0.3 is 24.4 Å². The Morgan fingerprint density at radius 1 is 0.972 bits per heavy atom. The first kappa shape index (κ1) is 25.2. The van der Waals surface area contributed by atoms with Crippen LogP contribution in [0.3, 0.4) is 0 Å². The van der Waals surface area contributed by atoms with Crippen molar-refractivity contribution in [3.8, 4) is 0 Å². The van der Waals surface area contributed by atoms with Crippen LogP contribution in [-0.4, -0.2) is 60.7 Å². The predicted octanol–water partition coefficient (Wildman–Crippen LogP) is 3.08. The Kier molecular flexibility index (Phi) is 8.20. The number of esters is 2. The molecular formula is C27H30N2O7. The van der Waals surface area contributed by atoms with Crippen LogP contribution in [0.25, 0.3) is 0 Å². The van der Waals surface area contributed by atoms with E-state index in [4.69, 9.17) is 14.2 Å². The lowest BCUT2D eigenvalue weighted by Crippen LogP contribution is -2.57. The highest BCUT2D eigenvalue weighted by Crippen LogP contribution is 2.41. The Morgan fingerprint density at radius 3 is 2.36 bits per heavy atom. The standard InChI is InChI=1S/C27H30N2O7/c1-34-26(32)24-21-13-12-20(16-22(24)36-25(31)19-10-6-3-7-11-19)29(21)23(30)14-15-28-27(33)35-17-18-8-4-2-5-9-18/h2-11,20-22,24H,12-17H2,1H3,(H,28,33)/t20-,21+,22-,24+/m0/s1. The van der Waals surface area contributed by atoms with Crippen molar-refractivity contribution in [2.24, 2.45) is 5.92 Å². The zero-order valence-electron chi connectivity index (χ0n) is 20.1. The summed E-state index contributed by atoms with van der Waals surface area (Å²) < 4.78 is 15.9. The Bertz CT molecular complexity index is 1080. The van der Waals surface area contributed by atoms with Crippen molar-refractivity contribution in [3.63, 3.8) is 0 Å². The first-order chi connectivity index (χ1) is 17.5. The van der Waals surface area contributed by atoms with Crippen LogP contribution in [0.15, 0.2) is 60.7 Å². The van der Waals surface area contributed by atoms with Crippen LogP contribution in [0.2, 0.25) is 0 Å². The van der Waals surface area contributed by atoms with E-state index in [2.05, 4.69) is 5.32 Å². The van der Waals surface area contributed by atoms with E-state index in [1.807, 2.05) is 30.3 Å². The normalized spacial score (nSPS) is 22.4. The molecule has 36 heavy (non-hydrogen) atoms. The van der Waals surface area contributed by atoms with Gasteiger partial charge in [-0.05, 0) is 30.5 Å². The maximum atomic E-state index is 13.1. The third-order valence-corrected chi connectivity index (χ3v) is 6.72. The minimum absolute atomic E-state index is 0.0653. The Balaban J connectivity index is 1.33. The molecule has 1 N–H and O–H groups in total. The van der Waals surface area contributed by atoms with Gasteiger partial charge in [0.2, 0.25) is 5.91 Å². The largest absolute Gasteiger partial charge is 0.469 e. The molecule has 2 aromatic carbocycles. The molecule has 0 aromatic heterocycles. The molecule has 2 aliphatic rings. The molecule has 4 rings (SSSR count). The van der Waals surface area contributed by atoms with Gasteiger partial charge in [-0.1, -0.05) is 48.5 Å². The molecule has 9 heteroatoms. The fourth-order valence-corrected chi connectivity index (χ4v) is 5.07. The van der Waals surface area contributed by atoms with Crippen molar-refractivity contribution >= 4 is 23.9 Å². The van der Waals surface area contributed by atoms with Crippen molar-refractivity contribution < 1.29 is 33.4 Å². The number of nitrogens with zero attached hydrogens (tertiary/aromatic N) is 1. The van der Waals surface area contributed by atoms with E-state index in [0.29, 0.717) is 24.8 Å². The lowest BCUT2D eigenvalue weighted by Gasteiger charge is -2.42. The quantitative estimate of drug-likeness (QED) is 0.443. The minimum atomic E-state index is -0.769. The molecule has 2 fully saturated rings. The van der Waals surface area contributed by atoms with Crippen LogP contribution in [-0.2, 0) is 30.4 Å². The van der Waals surface area contributed by atoms with E-state index < -0.39 is 36.1 Å². The number of nitrogens with one attached hydrogen (secondary N) is 1. The number of hydrogen-bond donors (Lipinski definition) is 1. The molecule has 2 amide bonds. The number of benzene rings is 2. The summed E-state index contributed by atoms with van der Waals surface area (Å²) >= 11 is 0. The summed E-state index contributed by atoms with van der Waals surface area (Å²) in [5.41, 5.74) is 1.27. The van der Waals surface area contributed by atoms with Crippen LogP contribution in [0.5, 0.6) is 0 Å². The Morgan fingerprint density at radius 2 is 1.67 bits per heavy atom. The molecule has 2 bridgehead atoms. The van der Waals surface area contributed by atoms with Gasteiger partial charge >= 0.3 is 18.0 Å². The van der Waals surface area contributed by atoms with Gasteiger partial charge in [0, 0.05) is 31.5 Å². The molecule has 2 aromatic rings. The number of piperidine rings is 1. The van der Waals surface area contributed by atoms with Crippen LogP contribution < -0.4 is 5.32 Å². The topological polar surface area (TPSA) is 111 Å². The molecule has 0 saturated carbocycles. The number of carbonyl (C=O) groups excluding carboxylic acids is 4. The van der Waals surface area contributed by atoms with E-state index in [0.717, 1.165) is 5.56 Å². The monoisotopic (exact) mass is 494 g/mol. The van der Waals surface area contributed by atoms with E-state index in [1.54, 1.807) is 35.2 Å². The van der Waals surface area contributed by atoms with Crippen molar-refractivity contribution in [2.45, 2.75) is 50.5 Å². The van der Waals surface area contributed by atoms with Gasteiger partial charge in [-0.25, -0.2) is 9.59 Å². The molecule has 2 saturated heterocycles. The fourth-order valence-electron chi connectivity index (χ4n) is 5.07. The number of methoxy groups -OCH3 is 1. The smallest absolute Gasteiger partial charge is 0.407 e. The minimum Gasteiger partial charge on any atom is -0.469 e. The second kappa shape index (κ2) is 11.7. The fraction of sp³-hybridized carbons (Fsp3) is 0.407. The van der Waals surface area contributed by atoms with Gasteiger partial charge in [-0.15, -0.1) is 0 Å². The van der Waals surface area contributed by atoms with Crippen LogP contribution in [0.4, 0.5) is 4.79 Å². The van der Waals surface area contributed by atoms with E-state index in [9.17, 15) is 19.2 Å². The van der Waals surface area contributed by atoms with Gasteiger partial charge in [0.05, 0.1) is 12.7 Å². The number of alkyl carbamates (subject to hydrolysis) is 1. The van der Waals surface area contributed by atoms with Crippen LogP contribution in [0.1, 0.15) is 41.6 Å². The number of hydrogen-bond acceptors (Lipinski definition) is 7. The lowest BCUT2D eigenvalue weighted by molar-refractivity contribution is -0.160. The average Bonchev–Trinajstić information content (AvgIpc) is 3.22. The van der Waals surface area contributed by atoms with Crippen molar-refractivity contribution in [1.29, 1.82) is 0 Å². The SMILES string of the molecule is COC(=O)[C@H]1[C@@H](OC(=O)c2ccccc2)C[C@@H]2CC[C@H]1N2C(=O)CCNC(=O)OCc1ccccc1. The highest BCUT2D eigenvalue weighted by molar-refractivity contribution is 5.90. The summed E-state index contributed by atoms with van der Waals surface area (Å²) in [7, 11) is 1.29. The average molecular weight is 495 g/mol. The first-order valence-electron chi connectivity index (χ1n) is 12.1.